The second-order valence-corrected chi connectivity index (χ2v) is 7.64. The molecule has 7 nitrogen and oxygen atoms in total. The first-order chi connectivity index (χ1) is 13.6. The standard InChI is InChI=1S/C21H32N4O3.2ClH/c1-2-16-5-3-4-6-18(16)23-19(26)15-24-9-11-25(12-10-24)21(27)20(22)17-7-13-28-14-8-17;;/h3-6,17,20H,2,7-15,22H2,1H3,(H,23,26);2*1H. The lowest BCUT2D eigenvalue weighted by atomic mass is 9.91. The summed E-state index contributed by atoms with van der Waals surface area (Å²) in [7, 11) is 0. The van der Waals surface area contributed by atoms with Gasteiger partial charge in [-0.2, -0.15) is 0 Å². The highest BCUT2D eigenvalue weighted by Gasteiger charge is 2.31. The van der Waals surface area contributed by atoms with E-state index in [-0.39, 0.29) is 42.5 Å². The number of rotatable bonds is 6. The second kappa shape index (κ2) is 13.1. The largest absolute Gasteiger partial charge is 0.381 e. The molecular weight excluding hydrogens is 427 g/mol. The number of nitrogens with two attached hydrogens (primary N) is 1. The van der Waals surface area contributed by atoms with Crippen LogP contribution < -0.4 is 11.1 Å². The molecule has 0 spiro atoms. The highest BCUT2D eigenvalue weighted by Crippen LogP contribution is 2.20. The van der Waals surface area contributed by atoms with Crippen molar-refractivity contribution in [2.24, 2.45) is 11.7 Å². The van der Waals surface area contributed by atoms with Crippen LogP contribution in [0.4, 0.5) is 5.69 Å². The minimum atomic E-state index is -0.440. The fraction of sp³-hybridized carbons (Fsp3) is 0.619. The highest BCUT2D eigenvalue weighted by molar-refractivity contribution is 5.93. The summed E-state index contributed by atoms with van der Waals surface area (Å²) < 4.78 is 5.36. The Balaban J connectivity index is 0.00000225. The molecule has 0 saturated carbocycles. The van der Waals surface area contributed by atoms with Crippen LogP contribution in [0.5, 0.6) is 0 Å². The van der Waals surface area contributed by atoms with Gasteiger partial charge in [-0.3, -0.25) is 14.5 Å². The van der Waals surface area contributed by atoms with E-state index in [2.05, 4.69) is 17.1 Å². The van der Waals surface area contributed by atoms with Gasteiger partial charge < -0.3 is 20.7 Å². The van der Waals surface area contributed by atoms with E-state index in [1.54, 1.807) is 0 Å². The molecule has 0 aliphatic carbocycles. The third-order valence-electron chi connectivity index (χ3n) is 5.78. The number of hydrogen-bond donors (Lipinski definition) is 2. The average Bonchev–Trinajstić information content (AvgIpc) is 2.74. The summed E-state index contributed by atoms with van der Waals surface area (Å²) in [6.45, 7) is 6.41. The number of ether oxygens (including phenoxy) is 1. The van der Waals surface area contributed by atoms with Crippen molar-refractivity contribution < 1.29 is 14.3 Å². The first kappa shape index (κ1) is 26.7. The van der Waals surface area contributed by atoms with Crippen molar-refractivity contribution in [3.8, 4) is 0 Å². The zero-order valence-corrected chi connectivity index (χ0v) is 19.2. The summed E-state index contributed by atoms with van der Waals surface area (Å²) in [6.07, 6.45) is 2.59. The van der Waals surface area contributed by atoms with E-state index in [1.807, 2.05) is 29.2 Å². The fourth-order valence-corrected chi connectivity index (χ4v) is 3.96. The average molecular weight is 461 g/mol. The van der Waals surface area contributed by atoms with E-state index in [1.165, 1.54) is 0 Å². The fourth-order valence-electron chi connectivity index (χ4n) is 3.96. The van der Waals surface area contributed by atoms with Gasteiger partial charge in [0.05, 0.1) is 12.6 Å². The molecule has 1 unspecified atom stereocenters. The minimum absolute atomic E-state index is 0. The number of aryl methyl sites for hydroxylation is 1. The van der Waals surface area contributed by atoms with Gasteiger partial charge in [-0.05, 0) is 36.8 Å². The van der Waals surface area contributed by atoms with Gasteiger partial charge in [-0.1, -0.05) is 25.1 Å². The second-order valence-electron chi connectivity index (χ2n) is 7.64. The molecule has 2 aliphatic heterocycles. The quantitative estimate of drug-likeness (QED) is 0.676. The monoisotopic (exact) mass is 460 g/mol. The molecule has 2 aliphatic rings. The molecule has 9 heteroatoms. The van der Waals surface area contributed by atoms with Crippen LogP contribution in [-0.2, 0) is 20.7 Å². The van der Waals surface area contributed by atoms with E-state index < -0.39 is 6.04 Å². The van der Waals surface area contributed by atoms with Crippen LogP contribution >= 0.6 is 24.8 Å². The summed E-state index contributed by atoms with van der Waals surface area (Å²) in [5.74, 6) is 0.233. The summed E-state index contributed by atoms with van der Waals surface area (Å²) in [4.78, 5) is 29.1. The van der Waals surface area contributed by atoms with Crippen LogP contribution in [0.3, 0.4) is 0 Å². The molecule has 1 atom stereocenters. The Morgan fingerprint density at radius 3 is 2.40 bits per heavy atom. The number of anilines is 1. The van der Waals surface area contributed by atoms with Gasteiger partial charge in [0.2, 0.25) is 11.8 Å². The van der Waals surface area contributed by atoms with Crippen LogP contribution in [0.2, 0.25) is 0 Å². The van der Waals surface area contributed by atoms with Gasteiger partial charge >= 0.3 is 0 Å². The molecule has 0 bridgehead atoms. The van der Waals surface area contributed by atoms with Crippen molar-refractivity contribution in [2.75, 3.05) is 51.3 Å². The van der Waals surface area contributed by atoms with E-state index in [0.717, 1.165) is 30.5 Å². The Labute approximate surface area is 191 Å². The van der Waals surface area contributed by atoms with Crippen molar-refractivity contribution in [3.63, 3.8) is 0 Å². The molecule has 2 fully saturated rings. The van der Waals surface area contributed by atoms with Gasteiger partial charge in [-0.25, -0.2) is 0 Å². The van der Waals surface area contributed by atoms with Gasteiger partial charge in [-0.15, -0.1) is 24.8 Å². The van der Waals surface area contributed by atoms with Crippen molar-refractivity contribution in [1.29, 1.82) is 0 Å². The van der Waals surface area contributed by atoms with Crippen molar-refractivity contribution in [1.82, 2.24) is 9.80 Å². The number of nitrogens with zero attached hydrogens (tertiary/aromatic N) is 2. The lowest BCUT2D eigenvalue weighted by Crippen LogP contribution is -2.56. The molecule has 0 radical (unpaired) electrons. The van der Waals surface area contributed by atoms with E-state index in [0.29, 0.717) is 45.9 Å². The Bertz CT molecular complexity index is 678. The molecule has 3 N–H and O–H groups in total. The predicted octanol–water partition coefficient (Wildman–Crippen LogP) is 1.93. The maximum absolute atomic E-state index is 12.7. The normalized spacial score (nSPS) is 18.7. The molecule has 1 aromatic rings. The Kier molecular flexibility index (Phi) is 11.7. The van der Waals surface area contributed by atoms with Crippen LogP contribution in [-0.4, -0.2) is 73.6 Å². The molecular formula is C21H34Cl2N4O3. The van der Waals surface area contributed by atoms with Crippen LogP contribution in [0.15, 0.2) is 24.3 Å². The molecule has 2 amide bonds. The van der Waals surface area contributed by atoms with Crippen LogP contribution in [0.1, 0.15) is 25.3 Å². The number of benzene rings is 1. The van der Waals surface area contributed by atoms with Gasteiger partial charge in [0.1, 0.15) is 0 Å². The van der Waals surface area contributed by atoms with Gasteiger partial charge in [0.15, 0.2) is 0 Å². The van der Waals surface area contributed by atoms with Gasteiger partial charge in [0.25, 0.3) is 0 Å². The minimum Gasteiger partial charge on any atom is -0.381 e. The first-order valence-electron chi connectivity index (χ1n) is 10.3. The number of nitrogens with one attached hydrogen (secondary N) is 1. The number of hydrogen-bond acceptors (Lipinski definition) is 5. The summed E-state index contributed by atoms with van der Waals surface area (Å²) in [5, 5.41) is 3.01. The summed E-state index contributed by atoms with van der Waals surface area (Å²) >= 11 is 0. The van der Waals surface area contributed by atoms with Gasteiger partial charge in [0, 0.05) is 45.1 Å². The maximum atomic E-state index is 12.7. The van der Waals surface area contributed by atoms with Crippen molar-refractivity contribution in [2.45, 2.75) is 32.2 Å². The van der Waals surface area contributed by atoms with E-state index >= 15 is 0 Å². The summed E-state index contributed by atoms with van der Waals surface area (Å²) in [5.41, 5.74) is 8.24. The summed E-state index contributed by atoms with van der Waals surface area (Å²) in [6, 6.07) is 7.44. The molecule has 1 aromatic carbocycles. The molecule has 2 heterocycles. The number of halogens is 2. The third kappa shape index (κ3) is 7.10. The smallest absolute Gasteiger partial charge is 0.239 e. The van der Waals surface area contributed by atoms with Crippen LogP contribution in [0, 0.1) is 5.92 Å². The molecule has 30 heavy (non-hydrogen) atoms. The molecule has 2 saturated heterocycles. The topological polar surface area (TPSA) is 87.9 Å². The Morgan fingerprint density at radius 2 is 1.77 bits per heavy atom. The number of carbonyl (C=O) groups excluding carboxylic acids is 2. The van der Waals surface area contributed by atoms with Crippen molar-refractivity contribution in [3.05, 3.63) is 29.8 Å². The first-order valence-corrected chi connectivity index (χ1v) is 10.3. The number of carbonyl (C=O) groups is 2. The lowest BCUT2D eigenvalue weighted by Gasteiger charge is -2.37. The Hall–Kier alpha value is -1.38. The SMILES string of the molecule is CCc1ccccc1NC(=O)CN1CCN(C(=O)C(N)C2CCOCC2)CC1.Cl.Cl. The molecule has 3 rings (SSSR count). The molecule has 0 aromatic heterocycles. The number of amides is 2. The zero-order valence-electron chi connectivity index (χ0n) is 17.5. The highest BCUT2D eigenvalue weighted by atomic mass is 35.5. The Morgan fingerprint density at radius 1 is 1.13 bits per heavy atom. The zero-order chi connectivity index (χ0) is 19.9. The lowest BCUT2D eigenvalue weighted by molar-refractivity contribution is -0.136. The van der Waals surface area contributed by atoms with E-state index in [4.69, 9.17) is 10.5 Å². The maximum Gasteiger partial charge on any atom is 0.239 e. The number of piperazine rings is 1. The van der Waals surface area contributed by atoms with E-state index in [9.17, 15) is 9.59 Å². The predicted molar refractivity (Wildman–Crippen MR) is 123 cm³/mol. The molecule has 170 valence electrons. The van der Waals surface area contributed by atoms with Crippen molar-refractivity contribution >= 4 is 42.3 Å². The van der Waals surface area contributed by atoms with Crippen LogP contribution in [0.25, 0.3) is 0 Å². The number of para-hydroxylation sites is 1. The third-order valence-corrected chi connectivity index (χ3v) is 5.78.